The van der Waals surface area contributed by atoms with Crippen LogP contribution in [-0.4, -0.2) is 19.3 Å². The van der Waals surface area contributed by atoms with Gasteiger partial charge < -0.3 is 9.07 Å². The van der Waals surface area contributed by atoms with E-state index in [0.717, 1.165) is 5.92 Å². The molecule has 0 bridgehead atoms. The molecule has 0 amide bonds. The summed E-state index contributed by atoms with van der Waals surface area (Å²) < 4.78 is 1.31. The van der Waals surface area contributed by atoms with E-state index in [1.54, 1.807) is 0 Å². The van der Waals surface area contributed by atoms with Crippen molar-refractivity contribution in [2.75, 3.05) is 0 Å². The third-order valence-corrected chi connectivity index (χ3v) is 3.24. The van der Waals surface area contributed by atoms with Gasteiger partial charge in [0.1, 0.15) is 0 Å². The lowest BCUT2D eigenvalue weighted by Gasteiger charge is -2.04. The summed E-state index contributed by atoms with van der Waals surface area (Å²) in [6, 6.07) is 0. The Hall–Kier alpha value is 1.06. The van der Waals surface area contributed by atoms with Crippen molar-refractivity contribution in [3.05, 3.63) is 0 Å². The summed E-state index contributed by atoms with van der Waals surface area (Å²) in [7, 11) is 5.67. The lowest BCUT2D eigenvalue weighted by molar-refractivity contribution is 0.575. The van der Waals surface area contributed by atoms with Gasteiger partial charge in [-0.05, 0) is 0 Å². The second-order valence-electron chi connectivity index (χ2n) is 2.37. The van der Waals surface area contributed by atoms with Gasteiger partial charge in [0, 0.05) is 0 Å². The van der Waals surface area contributed by atoms with Crippen molar-refractivity contribution in [1.29, 1.82) is 0 Å². The summed E-state index contributed by atoms with van der Waals surface area (Å²) >= 11 is -0.182. The number of hydrogen-bond donors (Lipinski definition) is 0. The Bertz CT molecular complexity index is 41.8. The molecule has 0 nitrogen and oxygen atoms in total. The highest BCUT2D eigenvalue weighted by molar-refractivity contribution is 6.93. The third kappa shape index (κ3) is 5.20. The van der Waals surface area contributed by atoms with Gasteiger partial charge in [-0.25, -0.2) is 0 Å². The van der Waals surface area contributed by atoms with Gasteiger partial charge in [0.15, 0.2) is 0 Å². The topological polar surface area (TPSA) is 0 Å². The van der Waals surface area contributed by atoms with Gasteiger partial charge >= 0.3 is 19.3 Å². The van der Waals surface area contributed by atoms with E-state index in [9.17, 15) is 0 Å². The second kappa shape index (κ2) is 6.18. The Balaban J connectivity index is 2.92. The summed E-state index contributed by atoms with van der Waals surface area (Å²) in [6.45, 7) is 4.52. The van der Waals surface area contributed by atoms with Gasteiger partial charge in [0.25, 0.3) is 0 Å². The number of rotatable bonds is 4. The highest BCUT2D eigenvalue weighted by atomic mass is 35.5. The van der Waals surface area contributed by atoms with Crippen LogP contribution in [0.15, 0.2) is 0 Å². The van der Waals surface area contributed by atoms with E-state index in [1.807, 2.05) is 0 Å². The fourth-order valence-electron chi connectivity index (χ4n) is 0.823. The Labute approximate surface area is 65.5 Å². The van der Waals surface area contributed by atoms with Crippen LogP contribution in [0.3, 0.4) is 0 Å². The summed E-state index contributed by atoms with van der Waals surface area (Å²) in [6.07, 6.45) is 2.67. The lowest BCUT2D eigenvalue weighted by atomic mass is 10.1. The predicted octanol–water partition coefficient (Wildman–Crippen LogP) is 2.70. The highest BCUT2D eigenvalue weighted by Crippen LogP contribution is 2.09. The minimum atomic E-state index is -0.182. The molecule has 0 unspecified atom stereocenters. The van der Waals surface area contributed by atoms with Crippen LogP contribution in [-0.2, 0) is 0 Å². The van der Waals surface area contributed by atoms with Crippen molar-refractivity contribution in [2.24, 2.45) is 5.92 Å². The van der Waals surface area contributed by atoms with Crippen molar-refractivity contribution in [1.82, 2.24) is 0 Å². The van der Waals surface area contributed by atoms with Crippen molar-refractivity contribution < 1.29 is 0 Å². The van der Waals surface area contributed by atoms with Crippen LogP contribution >= 0.6 is 9.07 Å². The molecule has 0 aromatic carbocycles. The Morgan fingerprint density at radius 3 is 2.62 bits per heavy atom. The average Bonchev–Trinajstić information content (AvgIpc) is 1.68. The second-order valence-corrected chi connectivity index (χ2v) is 4.46. The molecule has 0 aromatic rings. The molecule has 46 valence electrons. The smallest absolute Gasteiger partial charge is 0.346 e. The molecular weight excluding hydrogens is 132 g/mol. The fraction of sp³-hybridized carbons (Fsp3) is 1.00. The molecule has 0 aliphatic carbocycles. The van der Waals surface area contributed by atoms with E-state index in [1.165, 1.54) is 17.4 Å². The number of hydrogen-bond acceptors (Lipinski definition) is 0. The van der Waals surface area contributed by atoms with E-state index >= 15 is 0 Å². The molecule has 0 aliphatic heterocycles. The Kier molecular flexibility index (Phi) is 7.00. The molecule has 0 radical (unpaired) electrons. The monoisotopic (exact) mass is 144 g/mol. The maximum atomic E-state index is 5.67. The fourth-order valence-corrected chi connectivity index (χ4v) is 2.60. The van der Waals surface area contributed by atoms with Crippen molar-refractivity contribution in [2.45, 2.75) is 31.2 Å². The zero-order chi connectivity index (χ0) is 6.41. The predicted molar refractivity (Wildman–Crippen MR) is 40.5 cm³/mol. The maximum absolute atomic E-state index is 5.67. The first-order chi connectivity index (χ1) is 3.81. The van der Waals surface area contributed by atoms with Gasteiger partial charge in [-0.15, -0.1) is 4.55 Å². The molecule has 2 heteroatoms. The van der Waals surface area contributed by atoms with E-state index < -0.39 is 0 Å². The Morgan fingerprint density at radius 1 is 1.62 bits per heavy atom. The molecule has 0 rings (SSSR count). The van der Waals surface area contributed by atoms with Crippen molar-refractivity contribution in [3.8, 4) is 0 Å². The van der Waals surface area contributed by atoms with Gasteiger partial charge in [-0.3, -0.25) is 0 Å². The van der Waals surface area contributed by atoms with E-state index in [4.69, 9.17) is 9.07 Å². The molecular formula is C6H13ClMg. The minimum Gasteiger partial charge on any atom is -0.346 e. The molecule has 8 heavy (non-hydrogen) atoms. The van der Waals surface area contributed by atoms with Crippen LogP contribution in [0.1, 0.15) is 26.7 Å². The van der Waals surface area contributed by atoms with Crippen LogP contribution in [0, 0.1) is 5.92 Å². The zero-order valence-electron chi connectivity index (χ0n) is 5.78. The van der Waals surface area contributed by atoms with Crippen LogP contribution < -0.4 is 0 Å². The standard InChI is InChI=1S/C6H13.ClH.Mg/c1-4-5-6(2)3;;/h6H,2,4-5H2,1,3H3;1H;/q;;+1/p-1/t6-;;/m1../s1. The highest BCUT2D eigenvalue weighted by Gasteiger charge is 1.99. The Morgan fingerprint density at radius 2 is 2.25 bits per heavy atom. The molecule has 0 N–H and O–H groups in total. The summed E-state index contributed by atoms with van der Waals surface area (Å²) in [5, 5.41) is 0. The molecule has 0 saturated carbocycles. The number of halogens is 1. The molecule has 0 spiro atoms. The molecule has 1 atom stereocenters. The van der Waals surface area contributed by atoms with Gasteiger partial charge in [-0.1, -0.05) is 32.6 Å². The first kappa shape index (κ1) is 9.06. The minimum absolute atomic E-state index is 0.182. The van der Waals surface area contributed by atoms with Gasteiger partial charge in [0.2, 0.25) is 0 Å². The molecule has 0 aliphatic rings. The maximum Gasteiger partial charge on any atom is 0.501 e. The van der Waals surface area contributed by atoms with Crippen LogP contribution in [0.5, 0.6) is 0 Å². The summed E-state index contributed by atoms with van der Waals surface area (Å²) in [4.78, 5) is 0. The lowest BCUT2D eigenvalue weighted by Crippen LogP contribution is -1.94. The molecule has 0 saturated heterocycles. The summed E-state index contributed by atoms with van der Waals surface area (Å²) in [5.74, 6) is 0.893. The van der Waals surface area contributed by atoms with E-state index in [2.05, 4.69) is 13.8 Å². The summed E-state index contributed by atoms with van der Waals surface area (Å²) in [5.41, 5.74) is 0. The van der Waals surface area contributed by atoms with Gasteiger partial charge in [0.05, 0.1) is 0 Å². The van der Waals surface area contributed by atoms with Gasteiger partial charge in [-0.2, -0.15) is 0 Å². The van der Waals surface area contributed by atoms with Crippen LogP contribution in [0.25, 0.3) is 0 Å². The quantitative estimate of drug-likeness (QED) is 0.533. The van der Waals surface area contributed by atoms with E-state index in [0.29, 0.717) is 0 Å². The average molecular weight is 145 g/mol. The molecule has 0 heterocycles. The molecule has 0 aromatic heterocycles. The zero-order valence-corrected chi connectivity index (χ0v) is 7.95. The normalized spacial score (nSPS) is 12.9. The largest absolute Gasteiger partial charge is 0.501 e. The molecule has 0 fully saturated rings. The third-order valence-electron chi connectivity index (χ3n) is 1.38. The van der Waals surface area contributed by atoms with Crippen molar-refractivity contribution >= 4 is 28.3 Å². The van der Waals surface area contributed by atoms with Crippen molar-refractivity contribution in [3.63, 3.8) is 0 Å². The van der Waals surface area contributed by atoms with E-state index in [-0.39, 0.29) is 19.3 Å². The first-order valence-corrected chi connectivity index (χ1v) is 6.51. The van der Waals surface area contributed by atoms with Crippen LogP contribution in [0.2, 0.25) is 4.55 Å². The first-order valence-electron chi connectivity index (χ1n) is 3.37. The SMILES string of the molecule is CCC[C@@H](C)[CH2][Mg][Cl]. The van der Waals surface area contributed by atoms with Crippen LogP contribution in [0.4, 0.5) is 0 Å².